The summed E-state index contributed by atoms with van der Waals surface area (Å²) in [6.07, 6.45) is 1.65. The zero-order chi connectivity index (χ0) is 15.9. The van der Waals surface area contributed by atoms with Gasteiger partial charge in [0.15, 0.2) is 0 Å². The van der Waals surface area contributed by atoms with E-state index in [-0.39, 0.29) is 29.4 Å². The molecule has 7 heteroatoms. The molecule has 0 atom stereocenters. The van der Waals surface area contributed by atoms with Gasteiger partial charge < -0.3 is 15.8 Å². The maximum atomic E-state index is 12.1. The Morgan fingerprint density at radius 3 is 2.95 bits per heavy atom. The molecule has 0 aliphatic heterocycles. The third-order valence-electron chi connectivity index (χ3n) is 2.80. The molecule has 0 fully saturated rings. The molecular formula is C15H15N5O2. The molecule has 0 saturated carbocycles. The number of ether oxygens (including phenoxy) is 1. The summed E-state index contributed by atoms with van der Waals surface area (Å²) in [6.45, 7) is 2.35. The number of rotatable bonds is 5. The molecule has 0 unspecified atom stereocenters. The van der Waals surface area contributed by atoms with Gasteiger partial charge in [-0.1, -0.05) is 6.07 Å². The van der Waals surface area contributed by atoms with Crippen molar-refractivity contribution in [3.8, 4) is 11.9 Å². The molecule has 2 heterocycles. The van der Waals surface area contributed by atoms with E-state index in [4.69, 9.17) is 15.7 Å². The first-order chi connectivity index (χ1) is 10.7. The van der Waals surface area contributed by atoms with Crippen molar-refractivity contribution in [3.63, 3.8) is 0 Å². The lowest BCUT2D eigenvalue weighted by atomic mass is 10.2. The maximum absolute atomic E-state index is 12.1. The van der Waals surface area contributed by atoms with Crippen molar-refractivity contribution in [2.45, 2.75) is 13.5 Å². The van der Waals surface area contributed by atoms with E-state index in [1.807, 2.05) is 12.1 Å². The fourth-order valence-electron chi connectivity index (χ4n) is 1.77. The van der Waals surface area contributed by atoms with Crippen LogP contribution in [0.4, 0.5) is 5.69 Å². The normalized spacial score (nSPS) is 9.82. The van der Waals surface area contributed by atoms with Crippen molar-refractivity contribution in [2.75, 3.05) is 12.3 Å². The summed E-state index contributed by atoms with van der Waals surface area (Å²) in [4.78, 5) is 20.3. The lowest BCUT2D eigenvalue weighted by Crippen LogP contribution is -2.24. The highest BCUT2D eigenvalue weighted by Gasteiger charge is 2.16. The second-order valence-corrected chi connectivity index (χ2v) is 4.33. The molecule has 0 saturated heterocycles. The quantitative estimate of drug-likeness (QED) is 0.858. The molecule has 0 aliphatic rings. The number of nitrogens with two attached hydrogens (primary N) is 1. The smallest absolute Gasteiger partial charge is 0.270 e. The lowest BCUT2D eigenvalue weighted by Gasteiger charge is -2.10. The van der Waals surface area contributed by atoms with Gasteiger partial charge in [-0.15, -0.1) is 0 Å². The van der Waals surface area contributed by atoms with Crippen LogP contribution < -0.4 is 15.8 Å². The SMILES string of the molecule is CCOc1nc(C(=O)NCc2ccccn2)cc(N)c1C#N. The van der Waals surface area contributed by atoms with Crippen molar-refractivity contribution in [3.05, 3.63) is 47.4 Å². The molecule has 2 aromatic heterocycles. The van der Waals surface area contributed by atoms with Gasteiger partial charge in [-0.25, -0.2) is 4.98 Å². The van der Waals surface area contributed by atoms with Crippen molar-refractivity contribution in [2.24, 2.45) is 0 Å². The monoisotopic (exact) mass is 297 g/mol. The zero-order valence-corrected chi connectivity index (χ0v) is 12.0. The van der Waals surface area contributed by atoms with Crippen molar-refractivity contribution < 1.29 is 9.53 Å². The Bertz CT molecular complexity index is 710. The van der Waals surface area contributed by atoms with Crippen LogP contribution in [-0.2, 0) is 6.54 Å². The van der Waals surface area contributed by atoms with E-state index in [1.54, 1.807) is 25.3 Å². The Morgan fingerprint density at radius 1 is 1.50 bits per heavy atom. The first kappa shape index (κ1) is 15.3. The van der Waals surface area contributed by atoms with Gasteiger partial charge in [0.2, 0.25) is 5.88 Å². The molecule has 7 nitrogen and oxygen atoms in total. The van der Waals surface area contributed by atoms with Crippen LogP contribution in [0.2, 0.25) is 0 Å². The molecule has 3 N–H and O–H groups in total. The van der Waals surface area contributed by atoms with Crippen molar-refractivity contribution in [1.82, 2.24) is 15.3 Å². The fraction of sp³-hybridized carbons (Fsp3) is 0.200. The number of nitrogen functional groups attached to an aromatic ring is 1. The number of carbonyl (C=O) groups is 1. The molecule has 2 rings (SSSR count). The minimum absolute atomic E-state index is 0.0630. The van der Waals surface area contributed by atoms with Crippen LogP contribution >= 0.6 is 0 Å². The number of nitriles is 1. The zero-order valence-electron chi connectivity index (χ0n) is 12.0. The van der Waals surface area contributed by atoms with Crippen LogP contribution in [-0.4, -0.2) is 22.5 Å². The maximum Gasteiger partial charge on any atom is 0.270 e. The summed E-state index contributed by atoms with van der Waals surface area (Å²) in [5.74, 6) is -0.351. The largest absolute Gasteiger partial charge is 0.477 e. The number of pyridine rings is 2. The Morgan fingerprint density at radius 2 is 2.32 bits per heavy atom. The highest BCUT2D eigenvalue weighted by atomic mass is 16.5. The van der Waals surface area contributed by atoms with Gasteiger partial charge in [-0.05, 0) is 25.1 Å². The Hall–Kier alpha value is -3.14. The van der Waals surface area contributed by atoms with E-state index < -0.39 is 5.91 Å². The average molecular weight is 297 g/mol. The van der Waals surface area contributed by atoms with Crippen molar-refractivity contribution >= 4 is 11.6 Å². The van der Waals surface area contributed by atoms with E-state index in [0.29, 0.717) is 6.61 Å². The highest BCUT2D eigenvalue weighted by molar-refractivity contribution is 5.93. The van der Waals surface area contributed by atoms with E-state index in [1.165, 1.54) is 6.07 Å². The molecule has 0 aliphatic carbocycles. The minimum atomic E-state index is -0.414. The molecule has 2 aromatic rings. The van der Waals surface area contributed by atoms with Gasteiger partial charge in [0.25, 0.3) is 5.91 Å². The summed E-state index contributed by atoms with van der Waals surface area (Å²) in [7, 11) is 0. The summed E-state index contributed by atoms with van der Waals surface area (Å²) < 4.78 is 5.26. The third-order valence-corrected chi connectivity index (χ3v) is 2.80. The number of nitrogens with zero attached hydrogens (tertiary/aromatic N) is 3. The Kier molecular flexibility index (Phi) is 4.88. The standard InChI is InChI=1S/C15H15N5O2/c1-2-22-15-11(8-16)12(17)7-13(20-15)14(21)19-9-10-5-3-4-6-18-10/h3-7H,2,9H2,1H3,(H2,17,20)(H,19,21). The van der Waals surface area contributed by atoms with Gasteiger partial charge in [-0.2, -0.15) is 5.26 Å². The number of anilines is 1. The Balaban J connectivity index is 2.17. The van der Waals surface area contributed by atoms with Crippen LogP contribution in [0.25, 0.3) is 0 Å². The predicted molar refractivity (Wildman–Crippen MR) is 79.9 cm³/mol. The minimum Gasteiger partial charge on any atom is -0.477 e. The summed E-state index contributed by atoms with van der Waals surface area (Å²) in [6, 6.07) is 8.70. The van der Waals surface area contributed by atoms with E-state index in [0.717, 1.165) is 5.69 Å². The first-order valence-electron chi connectivity index (χ1n) is 6.67. The van der Waals surface area contributed by atoms with Gasteiger partial charge in [0.1, 0.15) is 17.3 Å². The number of carbonyl (C=O) groups excluding carboxylic acids is 1. The summed E-state index contributed by atoms with van der Waals surface area (Å²) in [5, 5.41) is 11.7. The fourth-order valence-corrected chi connectivity index (χ4v) is 1.77. The van der Waals surface area contributed by atoms with Gasteiger partial charge >= 0.3 is 0 Å². The molecule has 22 heavy (non-hydrogen) atoms. The highest BCUT2D eigenvalue weighted by Crippen LogP contribution is 2.22. The molecular weight excluding hydrogens is 282 g/mol. The number of nitrogens with one attached hydrogen (secondary N) is 1. The van der Waals surface area contributed by atoms with Gasteiger partial charge in [0.05, 0.1) is 24.5 Å². The van der Waals surface area contributed by atoms with E-state index in [9.17, 15) is 4.79 Å². The second-order valence-electron chi connectivity index (χ2n) is 4.33. The van der Waals surface area contributed by atoms with Crippen LogP contribution in [0.3, 0.4) is 0 Å². The Labute approximate surface area is 127 Å². The van der Waals surface area contributed by atoms with Crippen LogP contribution in [0.5, 0.6) is 5.88 Å². The number of aromatic nitrogens is 2. The van der Waals surface area contributed by atoms with E-state index >= 15 is 0 Å². The predicted octanol–water partition coefficient (Wildman–Crippen LogP) is 1.26. The van der Waals surface area contributed by atoms with Crippen LogP contribution in [0, 0.1) is 11.3 Å². The van der Waals surface area contributed by atoms with Crippen LogP contribution in [0.15, 0.2) is 30.5 Å². The molecule has 0 radical (unpaired) electrons. The molecule has 0 aromatic carbocycles. The average Bonchev–Trinajstić information content (AvgIpc) is 2.53. The van der Waals surface area contributed by atoms with Gasteiger partial charge in [-0.3, -0.25) is 9.78 Å². The van der Waals surface area contributed by atoms with Crippen molar-refractivity contribution in [1.29, 1.82) is 5.26 Å². The first-order valence-corrected chi connectivity index (χ1v) is 6.67. The number of hydrogen-bond acceptors (Lipinski definition) is 6. The molecule has 112 valence electrons. The topological polar surface area (TPSA) is 114 Å². The van der Waals surface area contributed by atoms with E-state index in [2.05, 4.69) is 15.3 Å². The molecule has 1 amide bonds. The molecule has 0 spiro atoms. The number of hydrogen-bond donors (Lipinski definition) is 2. The second kappa shape index (κ2) is 7.04. The molecule has 0 bridgehead atoms. The van der Waals surface area contributed by atoms with Crippen LogP contribution in [0.1, 0.15) is 28.7 Å². The summed E-state index contributed by atoms with van der Waals surface area (Å²) in [5.41, 5.74) is 6.88. The third kappa shape index (κ3) is 3.49. The lowest BCUT2D eigenvalue weighted by molar-refractivity contribution is 0.0944. The van der Waals surface area contributed by atoms with Gasteiger partial charge in [0, 0.05) is 6.20 Å². The summed E-state index contributed by atoms with van der Waals surface area (Å²) >= 11 is 0. The number of amides is 1.